The van der Waals surface area contributed by atoms with E-state index in [4.69, 9.17) is 0 Å². The fraction of sp³-hybridized carbons (Fsp3) is 0.556. The molecule has 0 aliphatic heterocycles. The lowest BCUT2D eigenvalue weighted by atomic mass is 10.1. The Morgan fingerprint density at radius 2 is 1.86 bits per heavy atom. The van der Waals surface area contributed by atoms with Crippen LogP contribution in [0, 0.1) is 6.92 Å². The predicted octanol–water partition coefficient (Wildman–Crippen LogP) is 2.93. The molecule has 0 aromatic carbocycles. The van der Waals surface area contributed by atoms with E-state index >= 15 is 0 Å². The van der Waals surface area contributed by atoms with Crippen molar-refractivity contribution in [3.63, 3.8) is 0 Å². The van der Waals surface area contributed by atoms with E-state index in [1.165, 1.54) is 6.20 Å². The number of nitrogens with zero attached hydrogens (tertiary/aromatic N) is 2. The summed E-state index contributed by atoms with van der Waals surface area (Å²) in [6, 6.07) is 0. The molecule has 0 amide bonds. The van der Waals surface area contributed by atoms with Gasteiger partial charge in [0.2, 0.25) is 5.82 Å². The van der Waals surface area contributed by atoms with Crippen molar-refractivity contribution in [1.82, 2.24) is 9.97 Å². The van der Waals surface area contributed by atoms with E-state index in [2.05, 4.69) is 9.97 Å². The Labute approximate surface area is 80.2 Å². The van der Waals surface area contributed by atoms with Gasteiger partial charge in [-0.25, -0.2) is 9.97 Å². The molecule has 0 aliphatic rings. The second-order valence-corrected chi connectivity index (χ2v) is 3.41. The largest absolute Gasteiger partial charge is 0.451 e. The Morgan fingerprint density at radius 3 is 2.29 bits per heavy atom. The van der Waals surface area contributed by atoms with Gasteiger partial charge in [-0.3, -0.25) is 0 Å². The minimum absolute atomic E-state index is 0.0286. The van der Waals surface area contributed by atoms with Crippen LogP contribution in [0.4, 0.5) is 13.2 Å². The molecule has 0 N–H and O–H groups in total. The Bertz CT molecular complexity index is 331. The molecule has 0 radical (unpaired) electrons. The van der Waals surface area contributed by atoms with Crippen molar-refractivity contribution in [3.05, 3.63) is 23.3 Å². The quantitative estimate of drug-likeness (QED) is 0.702. The maximum atomic E-state index is 12.2. The molecule has 5 heteroatoms. The maximum Gasteiger partial charge on any atom is 0.451 e. The molecule has 0 aliphatic carbocycles. The summed E-state index contributed by atoms with van der Waals surface area (Å²) in [6.45, 7) is 5.31. The molecule has 0 unspecified atom stereocenters. The lowest BCUT2D eigenvalue weighted by molar-refractivity contribution is -0.145. The molecule has 0 bridgehead atoms. The topological polar surface area (TPSA) is 25.8 Å². The Kier molecular flexibility index (Phi) is 2.78. The second-order valence-electron chi connectivity index (χ2n) is 3.41. The lowest BCUT2D eigenvalue weighted by Crippen LogP contribution is -2.13. The number of hydrogen-bond donors (Lipinski definition) is 0. The van der Waals surface area contributed by atoms with Crippen molar-refractivity contribution < 1.29 is 13.2 Å². The van der Waals surface area contributed by atoms with Gasteiger partial charge < -0.3 is 0 Å². The monoisotopic (exact) mass is 204 g/mol. The third kappa shape index (κ3) is 2.21. The van der Waals surface area contributed by atoms with Gasteiger partial charge in [0, 0.05) is 11.9 Å². The molecule has 1 aromatic heterocycles. The minimum Gasteiger partial charge on any atom is -0.233 e. The van der Waals surface area contributed by atoms with Gasteiger partial charge in [-0.2, -0.15) is 13.2 Å². The minimum atomic E-state index is -4.46. The second kappa shape index (κ2) is 3.55. The average molecular weight is 204 g/mol. The fourth-order valence-electron chi connectivity index (χ4n) is 1.18. The predicted molar refractivity (Wildman–Crippen MR) is 45.9 cm³/mol. The summed E-state index contributed by atoms with van der Waals surface area (Å²) in [5.41, 5.74) is 1.14. The van der Waals surface area contributed by atoms with Crippen molar-refractivity contribution in [2.24, 2.45) is 0 Å². The highest BCUT2D eigenvalue weighted by molar-refractivity contribution is 5.19. The van der Waals surface area contributed by atoms with E-state index < -0.39 is 12.0 Å². The summed E-state index contributed by atoms with van der Waals surface area (Å²) in [5, 5.41) is 0. The number of rotatable bonds is 1. The summed E-state index contributed by atoms with van der Waals surface area (Å²) in [4.78, 5) is 6.76. The van der Waals surface area contributed by atoms with Crippen LogP contribution in [0.25, 0.3) is 0 Å². The lowest BCUT2D eigenvalue weighted by Gasteiger charge is -2.11. The Hall–Kier alpha value is -1.13. The molecule has 0 fully saturated rings. The van der Waals surface area contributed by atoms with Gasteiger partial charge in [-0.1, -0.05) is 13.8 Å². The number of alkyl halides is 3. The first-order chi connectivity index (χ1) is 6.32. The molecule has 0 spiro atoms. The molecule has 1 heterocycles. The van der Waals surface area contributed by atoms with Gasteiger partial charge in [0.25, 0.3) is 0 Å². The number of aromatic nitrogens is 2. The number of aryl methyl sites for hydroxylation is 1. The smallest absolute Gasteiger partial charge is 0.233 e. The first-order valence-corrected chi connectivity index (χ1v) is 4.23. The van der Waals surface area contributed by atoms with Crippen LogP contribution >= 0.6 is 0 Å². The molecule has 1 aromatic rings. The zero-order valence-corrected chi connectivity index (χ0v) is 8.18. The third-order valence-corrected chi connectivity index (χ3v) is 1.81. The van der Waals surface area contributed by atoms with Gasteiger partial charge >= 0.3 is 6.18 Å². The van der Waals surface area contributed by atoms with Gasteiger partial charge in [0.1, 0.15) is 0 Å². The molecule has 14 heavy (non-hydrogen) atoms. The Morgan fingerprint density at radius 1 is 1.29 bits per heavy atom. The molecule has 1 rings (SSSR count). The van der Waals surface area contributed by atoms with Gasteiger partial charge in [-0.05, 0) is 18.4 Å². The van der Waals surface area contributed by atoms with E-state index in [9.17, 15) is 13.2 Å². The van der Waals surface area contributed by atoms with Crippen LogP contribution in [0.2, 0.25) is 0 Å². The average Bonchev–Trinajstić information content (AvgIpc) is 2.02. The van der Waals surface area contributed by atoms with Crippen LogP contribution in [0.1, 0.15) is 36.8 Å². The van der Waals surface area contributed by atoms with E-state index in [1.807, 2.05) is 0 Å². The number of halogens is 3. The van der Waals surface area contributed by atoms with Crippen LogP contribution < -0.4 is 0 Å². The van der Waals surface area contributed by atoms with Crippen LogP contribution in [-0.2, 0) is 6.18 Å². The normalized spacial score (nSPS) is 12.2. The standard InChI is InChI=1S/C9H11F3N2/c1-5(2)7-6(3)4-13-8(14-7)9(10,11)12/h4-5H,1-3H3. The van der Waals surface area contributed by atoms with E-state index in [1.54, 1.807) is 20.8 Å². The zero-order chi connectivity index (χ0) is 10.9. The van der Waals surface area contributed by atoms with E-state index in [0.29, 0.717) is 11.3 Å². The first kappa shape index (κ1) is 10.9. The van der Waals surface area contributed by atoms with Crippen LogP contribution in [0.5, 0.6) is 0 Å². The molecule has 78 valence electrons. The third-order valence-electron chi connectivity index (χ3n) is 1.81. The summed E-state index contributed by atoms with van der Waals surface area (Å²) < 4.78 is 36.7. The van der Waals surface area contributed by atoms with Crippen molar-refractivity contribution in [2.75, 3.05) is 0 Å². The van der Waals surface area contributed by atoms with Crippen molar-refractivity contribution in [1.29, 1.82) is 0 Å². The molecular weight excluding hydrogens is 193 g/mol. The van der Waals surface area contributed by atoms with Gasteiger partial charge in [0.15, 0.2) is 0 Å². The van der Waals surface area contributed by atoms with E-state index in [0.717, 1.165) is 0 Å². The summed E-state index contributed by atoms with van der Waals surface area (Å²) >= 11 is 0. The summed E-state index contributed by atoms with van der Waals surface area (Å²) in [7, 11) is 0. The summed E-state index contributed by atoms with van der Waals surface area (Å²) in [6.07, 6.45) is -3.25. The zero-order valence-electron chi connectivity index (χ0n) is 8.18. The SMILES string of the molecule is Cc1cnc(C(F)(F)F)nc1C(C)C. The summed E-state index contributed by atoms with van der Waals surface area (Å²) in [5.74, 6) is -1.09. The van der Waals surface area contributed by atoms with Gasteiger partial charge in [-0.15, -0.1) is 0 Å². The van der Waals surface area contributed by atoms with Gasteiger partial charge in [0.05, 0.1) is 0 Å². The molecule has 0 atom stereocenters. The highest BCUT2D eigenvalue weighted by Gasteiger charge is 2.35. The van der Waals surface area contributed by atoms with Crippen molar-refractivity contribution >= 4 is 0 Å². The highest BCUT2D eigenvalue weighted by atomic mass is 19.4. The van der Waals surface area contributed by atoms with Crippen LogP contribution in [0.15, 0.2) is 6.20 Å². The maximum absolute atomic E-state index is 12.2. The first-order valence-electron chi connectivity index (χ1n) is 4.23. The molecular formula is C9H11F3N2. The fourth-order valence-corrected chi connectivity index (χ4v) is 1.18. The molecule has 0 saturated heterocycles. The van der Waals surface area contributed by atoms with Crippen LogP contribution in [0.3, 0.4) is 0 Å². The van der Waals surface area contributed by atoms with Crippen molar-refractivity contribution in [2.45, 2.75) is 32.9 Å². The Balaban J connectivity index is 3.20. The molecule has 0 saturated carbocycles. The van der Waals surface area contributed by atoms with Crippen molar-refractivity contribution in [3.8, 4) is 0 Å². The highest BCUT2D eigenvalue weighted by Crippen LogP contribution is 2.27. The molecule has 2 nitrogen and oxygen atoms in total. The van der Waals surface area contributed by atoms with Crippen LogP contribution in [-0.4, -0.2) is 9.97 Å². The number of hydrogen-bond acceptors (Lipinski definition) is 2. The van der Waals surface area contributed by atoms with E-state index in [-0.39, 0.29) is 5.92 Å².